The van der Waals surface area contributed by atoms with Crippen LogP contribution < -0.4 is 16.8 Å². The van der Waals surface area contributed by atoms with Gasteiger partial charge in [-0.15, -0.1) is 0 Å². The molecule has 0 saturated carbocycles. The highest BCUT2D eigenvalue weighted by molar-refractivity contribution is 5.93. The summed E-state index contributed by atoms with van der Waals surface area (Å²) >= 11 is 0. The summed E-state index contributed by atoms with van der Waals surface area (Å²) in [6.07, 6.45) is 2.89. The van der Waals surface area contributed by atoms with E-state index in [-0.39, 0.29) is 5.91 Å². The SMILES string of the molecule is NCCCCCC(=O)NC(N)=O. The minimum absolute atomic E-state index is 0.320. The lowest BCUT2D eigenvalue weighted by Gasteiger charge is -1.99. The van der Waals surface area contributed by atoms with Gasteiger partial charge in [0, 0.05) is 6.42 Å². The lowest BCUT2D eigenvalue weighted by molar-refractivity contribution is -0.120. The molecule has 0 bridgehead atoms. The number of amides is 3. The highest BCUT2D eigenvalue weighted by Gasteiger charge is 2.02. The van der Waals surface area contributed by atoms with Crippen LogP contribution in [0.3, 0.4) is 0 Å². The van der Waals surface area contributed by atoms with Crippen molar-refractivity contribution in [2.75, 3.05) is 6.54 Å². The van der Waals surface area contributed by atoms with Gasteiger partial charge in [-0.2, -0.15) is 0 Å². The zero-order valence-corrected chi connectivity index (χ0v) is 7.01. The molecule has 0 radical (unpaired) electrons. The maximum Gasteiger partial charge on any atom is 0.318 e. The van der Waals surface area contributed by atoms with E-state index in [0.717, 1.165) is 19.3 Å². The minimum Gasteiger partial charge on any atom is -0.351 e. The van der Waals surface area contributed by atoms with Gasteiger partial charge in [0.05, 0.1) is 0 Å². The van der Waals surface area contributed by atoms with Crippen LogP contribution in [0.4, 0.5) is 4.79 Å². The first-order valence-corrected chi connectivity index (χ1v) is 3.96. The smallest absolute Gasteiger partial charge is 0.318 e. The third-order valence-electron chi connectivity index (χ3n) is 1.37. The largest absolute Gasteiger partial charge is 0.351 e. The number of hydrogen-bond donors (Lipinski definition) is 3. The molecule has 5 N–H and O–H groups in total. The minimum atomic E-state index is -0.793. The average Bonchev–Trinajstić information content (AvgIpc) is 1.97. The number of rotatable bonds is 5. The van der Waals surface area contributed by atoms with Crippen LogP contribution in [0.1, 0.15) is 25.7 Å². The summed E-state index contributed by atoms with van der Waals surface area (Å²) in [6.45, 7) is 0.636. The van der Waals surface area contributed by atoms with Crippen LogP contribution in [-0.4, -0.2) is 18.5 Å². The number of carbonyl (C=O) groups is 2. The number of nitrogens with two attached hydrogens (primary N) is 2. The molecule has 0 atom stereocenters. The van der Waals surface area contributed by atoms with Crippen molar-refractivity contribution in [3.8, 4) is 0 Å². The predicted molar refractivity (Wildman–Crippen MR) is 45.2 cm³/mol. The Morgan fingerprint density at radius 1 is 1.17 bits per heavy atom. The number of primary amides is 1. The molecule has 0 spiro atoms. The van der Waals surface area contributed by atoms with E-state index >= 15 is 0 Å². The van der Waals surface area contributed by atoms with E-state index in [1.807, 2.05) is 5.32 Å². The lowest BCUT2D eigenvalue weighted by Crippen LogP contribution is -2.34. The Labute approximate surface area is 71.5 Å². The Kier molecular flexibility index (Phi) is 6.00. The van der Waals surface area contributed by atoms with E-state index in [9.17, 15) is 9.59 Å². The molecule has 70 valence electrons. The third-order valence-corrected chi connectivity index (χ3v) is 1.37. The molecule has 0 rings (SSSR count). The van der Waals surface area contributed by atoms with Crippen molar-refractivity contribution in [2.24, 2.45) is 11.5 Å². The van der Waals surface area contributed by atoms with Crippen LogP contribution in [0.5, 0.6) is 0 Å². The number of nitrogens with one attached hydrogen (secondary N) is 1. The van der Waals surface area contributed by atoms with Gasteiger partial charge in [0.25, 0.3) is 0 Å². The molecule has 0 aromatic rings. The normalized spacial score (nSPS) is 9.42. The maximum atomic E-state index is 10.8. The van der Waals surface area contributed by atoms with E-state index in [4.69, 9.17) is 11.5 Å². The summed E-state index contributed by atoms with van der Waals surface area (Å²) in [6, 6.07) is -0.793. The van der Waals surface area contributed by atoms with Gasteiger partial charge in [-0.05, 0) is 19.4 Å². The van der Waals surface area contributed by atoms with Gasteiger partial charge in [-0.1, -0.05) is 6.42 Å². The molecular weight excluding hydrogens is 158 g/mol. The van der Waals surface area contributed by atoms with Crippen LogP contribution in [0.15, 0.2) is 0 Å². The fourth-order valence-corrected chi connectivity index (χ4v) is 0.807. The zero-order chi connectivity index (χ0) is 9.40. The Bertz CT molecular complexity index is 159. The van der Waals surface area contributed by atoms with Crippen molar-refractivity contribution in [2.45, 2.75) is 25.7 Å². The number of hydrogen-bond acceptors (Lipinski definition) is 3. The molecule has 3 amide bonds. The summed E-state index contributed by atoms with van der Waals surface area (Å²) in [7, 11) is 0. The fraction of sp³-hybridized carbons (Fsp3) is 0.714. The molecule has 12 heavy (non-hydrogen) atoms. The Hall–Kier alpha value is -1.10. The van der Waals surface area contributed by atoms with Crippen LogP contribution >= 0.6 is 0 Å². The second-order valence-electron chi connectivity index (χ2n) is 2.51. The molecule has 5 nitrogen and oxygen atoms in total. The Morgan fingerprint density at radius 2 is 1.83 bits per heavy atom. The van der Waals surface area contributed by atoms with Crippen molar-refractivity contribution in [1.82, 2.24) is 5.32 Å². The van der Waals surface area contributed by atoms with Gasteiger partial charge in [0.15, 0.2) is 0 Å². The zero-order valence-electron chi connectivity index (χ0n) is 7.01. The van der Waals surface area contributed by atoms with Crippen LogP contribution in [-0.2, 0) is 4.79 Å². The maximum absolute atomic E-state index is 10.8. The first-order valence-electron chi connectivity index (χ1n) is 3.96. The van der Waals surface area contributed by atoms with Crippen molar-refractivity contribution in [3.05, 3.63) is 0 Å². The molecule has 0 aromatic carbocycles. The molecule has 0 heterocycles. The number of urea groups is 1. The second-order valence-corrected chi connectivity index (χ2v) is 2.51. The van der Waals surface area contributed by atoms with Crippen molar-refractivity contribution in [3.63, 3.8) is 0 Å². The predicted octanol–water partition coefficient (Wildman–Crippen LogP) is -0.300. The fourth-order valence-electron chi connectivity index (χ4n) is 0.807. The van der Waals surface area contributed by atoms with Crippen molar-refractivity contribution >= 4 is 11.9 Å². The summed E-state index contributed by atoms with van der Waals surface area (Å²) < 4.78 is 0. The van der Waals surface area contributed by atoms with Gasteiger partial charge in [-0.3, -0.25) is 10.1 Å². The molecule has 0 fully saturated rings. The summed E-state index contributed by atoms with van der Waals surface area (Å²) in [5.74, 6) is -0.320. The quantitative estimate of drug-likeness (QED) is 0.498. The van der Waals surface area contributed by atoms with E-state index < -0.39 is 6.03 Å². The van der Waals surface area contributed by atoms with Crippen LogP contribution in [0, 0.1) is 0 Å². The number of unbranched alkanes of at least 4 members (excludes halogenated alkanes) is 2. The van der Waals surface area contributed by atoms with E-state index in [2.05, 4.69) is 0 Å². The monoisotopic (exact) mass is 173 g/mol. The Morgan fingerprint density at radius 3 is 2.33 bits per heavy atom. The molecule has 0 aromatic heterocycles. The molecule has 0 aliphatic rings. The average molecular weight is 173 g/mol. The first kappa shape index (κ1) is 10.9. The molecule has 5 heteroatoms. The van der Waals surface area contributed by atoms with E-state index in [1.54, 1.807) is 0 Å². The molecule has 0 aliphatic heterocycles. The van der Waals surface area contributed by atoms with E-state index in [0.29, 0.717) is 13.0 Å². The van der Waals surface area contributed by atoms with Crippen LogP contribution in [0.2, 0.25) is 0 Å². The van der Waals surface area contributed by atoms with Gasteiger partial charge < -0.3 is 11.5 Å². The number of imide groups is 1. The van der Waals surface area contributed by atoms with Gasteiger partial charge in [0.1, 0.15) is 0 Å². The highest BCUT2D eigenvalue weighted by Crippen LogP contribution is 1.97. The van der Waals surface area contributed by atoms with Gasteiger partial charge in [0.2, 0.25) is 5.91 Å². The molecular formula is C7H15N3O2. The van der Waals surface area contributed by atoms with Crippen molar-refractivity contribution < 1.29 is 9.59 Å². The standard InChI is InChI=1S/C7H15N3O2/c8-5-3-1-2-4-6(11)10-7(9)12/h1-5,8H2,(H3,9,10,11,12). The topological polar surface area (TPSA) is 98.2 Å². The highest BCUT2D eigenvalue weighted by atomic mass is 16.2. The second kappa shape index (κ2) is 6.60. The van der Waals surface area contributed by atoms with Gasteiger partial charge in [-0.25, -0.2) is 4.79 Å². The third kappa shape index (κ3) is 7.01. The van der Waals surface area contributed by atoms with Gasteiger partial charge >= 0.3 is 6.03 Å². The van der Waals surface area contributed by atoms with Crippen LogP contribution in [0.25, 0.3) is 0 Å². The summed E-state index contributed by atoms with van der Waals surface area (Å²) in [5.41, 5.74) is 9.98. The molecule has 0 saturated heterocycles. The molecule has 0 unspecified atom stereocenters. The van der Waals surface area contributed by atoms with E-state index in [1.165, 1.54) is 0 Å². The Balaban J connectivity index is 3.26. The number of carbonyl (C=O) groups excluding carboxylic acids is 2. The molecule has 0 aliphatic carbocycles. The van der Waals surface area contributed by atoms with Crippen molar-refractivity contribution in [1.29, 1.82) is 0 Å². The first-order chi connectivity index (χ1) is 5.66. The lowest BCUT2D eigenvalue weighted by atomic mass is 10.2. The summed E-state index contributed by atoms with van der Waals surface area (Å²) in [5, 5.41) is 1.99. The summed E-state index contributed by atoms with van der Waals surface area (Å²) in [4.78, 5) is 20.9.